The normalized spacial score (nSPS) is 9.73. The number of carbonyl (C=O) groups is 1. The molecular formula is C7H3BrCl2O. The molecule has 11 heavy (non-hydrogen) atoms. The lowest BCUT2D eigenvalue weighted by Gasteiger charge is -1.99. The summed E-state index contributed by atoms with van der Waals surface area (Å²) in [5, 5.41) is 0.882. The van der Waals surface area contributed by atoms with Gasteiger partial charge in [0, 0.05) is 15.1 Å². The topological polar surface area (TPSA) is 17.1 Å². The Kier molecular flexibility index (Phi) is 2.93. The van der Waals surface area contributed by atoms with Crippen LogP contribution in [0.25, 0.3) is 0 Å². The lowest BCUT2D eigenvalue weighted by Crippen LogP contribution is -1.82. The third kappa shape index (κ3) is 1.95. The molecule has 1 aromatic rings. The summed E-state index contributed by atoms with van der Waals surface area (Å²) in [5.74, 6) is 0. The van der Waals surface area contributed by atoms with Gasteiger partial charge in [0.2, 0.25) is 0 Å². The van der Waals surface area contributed by atoms with Crippen molar-refractivity contribution in [3.8, 4) is 0 Å². The molecule has 0 heterocycles. The highest BCUT2D eigenvalue weighted by molar-refractivity contribution is 9.10. The SMILES string of the molecule is O=Cc1cc(Cl)cc(Br)c1Cl. The Bertz CT molecular complexity index is 299. The molecule has 0 aromatic heterocycles. The Balaban J connectivity index is 3.35. The van der Waals surface area contributed by atoms with Gasteiger partial charge in [0.05, 0.1) is 5.02 Å². The van der Waals surface area contributed by atoms with Crippen molar-refractivity contribution in [2.75, 3.05) is 0 Å². The number of rotatable bonds is 1. The zero-order valence-corrected chi connectivity index (χ0v) is 8.37. The van der Waals surface area contributed by atoms with Crippen molar-refractivity contribution >= 4 is 45.4 Å². The van der Waals surface area contributed by atoms with Crippen LogP contribution in [0.1, 0.15) is 10.4 Å². The van der Waals surface area contributed by atoms with Gasteiger partial charge in [-0.25, -0.2) is 0 Å². The predicted molar refractivity (Wildman–Crippen MR) is 49.5 cm³/mol. The van der Waals surface area contributed by atoms with E-state index in [2.05, 4.69) is 15.9 Å². The molecule has 58 valence electrons. The molecule has 0 spiro atoms. The first kappa shape index (κ1) is 9.04. The molecule has 0 aliphatic carbocycles. The summed E-state index contributed by atoms with van der Waals surface area (Å²) in [4.78, 5) is 10.4. The fourth-order valence-electron chi connectivity index (χ4n) is 0.662. The quantitative estimate of drug-likeness (QED) is 0.553. The van der Waals surface area contributed by atoms with Gasteiger partial charge < -0.3 is 0 Å². The maximum atomic E-state index is 10.4. The smallest absolute Gasteiger partial charge is 0.151 e. The van der Waals surface area contributed by atoms with Gasteiger partial charge in [-0.2, -0.15) is 0 Å². The Hall–Kier alpha value is -0.0500. The van der Waals surface area contributed by atoms with Crippen molar-refractivity contribution in [1.82, 2.24) is 0 Å². The van der Waals surface area contributed by atoms with E-state index in [1.54, 1.807) is 6.07 Å². The number of aldehydes is 1. The molecule has 4 heteroatoms. The maximum Gasteiger partial charge on any atom is 0.151 e. The van der Waals surface area contributed by atoms with Gasteiger partial charge in [-0.05, 0) is 28.1 Å². The fourth-order valence-corrected chi connectivity index (χ4v) is 1.65. The zero-order valence-electron chi connectivity index (χ0n) is 5.27. The second kappa shape index (κ2) is 3.57. The number of hydrogen-bond donors (Lipinski definition) is 0. The molecule has 0 fully saturated rings. The number of halogens is 3. The molecule has 1 nitrogen and oxygen atoms in total. The molecule has 0 radical (unpaired) electrons. The van der Waals surface area contributed by atoms with E-state index in [0.717, 1.165) is 0 Å². The molecular weight excluding hydrogens is 251 g/mol. The van der Waals surface area contributed by atoms with E-state index in [0.29, 0.717) is 26.4 Å². The molecule has 0 saturated heterocycles. The third-order valence-corrected chi connectivity index (χ3v) is 2.64. The second-order valence-corrected chi connectivity index (χ2v) is 3.58. The number of carbonyl (C=O) groups excluding carboxylic acids is 1. The van der Waals surface area contributed by atoms with Crippen molar-refractivity contribution in [2.24, 2.45) is 0 Å². The zero-order chi connectivity index (χ0) is 8.43. The van der Waals surface area contributed by atoms with E-state index in [-0.39, 0.29) is 0 Å². The Morgan fingerprint density at radius 3 is 2.55 bits per heavy atom. The van der Waals surface area contributed by atoms with Crippen LogP contribution in [-0.4, -0.2) is 6.29 Å². The molecule has 0 atom stereocenters. The highest BCUT2D eigenvalue weighted by atomic mass is 79.9. The van der Waals surface area contributed by atoms with Crippen LogP contribution in [0.4, 0.5) is 0 Å². The molecule has 0 bridgehead atoms. The van der Waals surface area contributed by atoms with Crippen LogP contribution in [0, 0.1) is 0 Å². The van der Waals surface area contributed by atoms with Crippen LogP contribution in [0.3, 0.4) is 0 Å². The van der Waals surface area contributed by atoms with Gasteiger partial charge in [-0.15, -0.1) is 0 Å². The van der Waals surface area contributed by atoms with E-state index in [4.69, 9.17) is 23.2 Å². The van der Waals surface area contributed by atoms with Crippen molar-refractivity contribution in [3.05, 3.63) is 32.2 Å². The summed E-state index contributed by atoms with van der Waals surface area (Å²) in [5.41, 5.74) is 0.394. The van der Waals surface area contributed by atoms with E-state index in [1.165, 1.54) is 6.07 Å². The van der Waals surface area contributed by atoms with Crippen molar-refractivity contribution in [2.45, 2.75) is 0 Å². The highest BCUT2D eigenvalue weighted by Crippen LogP contribution is 2.28. The largest absolute Gasteiger partial charge is 0.298 e. The Labute approximate surface area is 82.4 Å². The standard InChI is InChI=1S/C7H3BrCl2O/c8-6-2-5(9)1-4(3-11)7(6)10/h1-3H. The second-order valence-electron chi connectivity index (χ2n) is 1.91. The van der Waals surface area contributed by atoms with E-state index >= 15 is 0 Å². The molecule has 0 N–H and O–H groups in total. The maximum absolute atomic E-state index is 10.4. The average Bonchev–Trinajstić information content (AvgIpc) is 1.96. The summed E-state index contributed by atoms with van der Waals surface area (Å²) in [7, 11) is 0. The van der Waals surface area contributed by atoms with E-state index in [1.807, 2.05) is 0 Å². The summed E-state index contributed by atoms with van der Waals surface area (Å²) in [6.45, 7) is 0. The van der Waals surface area contributed by atoms with Crippen LogP contribution >= 0.6 is 39.1 Å². The minimum absolute atomic E-state index is 0.393. The van der Waals surface area contributed by atoms with Crippen LogP contribution < -0.4 is 0 Å². The van der Waals surface area contributed by atoms with Crippen LogP contribution in [0.2, 0.25) is 10.0 Å². The minimum atomic E-state index is 0.393. The lowest BCUT2D eigenvalue weighted by atomic mass is 10.2. The molecule has 0 aliphatic heterocycles. The van der Waals surface area contributed by atoms with Gasteiger partial charge in [0.15, 0.2) is 6.29 Å². The van der Waals surface area contributed by atoms with Crippen molar-refractivity contribution in [3.63, 3.8) is 0 Å². The Morgan fingerprint density at radius 1 is 1.36 bits per heavy atom. The van der Waals surface area contributed by atoms with Crippen molar-refractivity contribution < 1.29 is 4.79 Å². The van der Waals surface area contributed by atoms with Gasteiger partial charge in [0.1, 0.15) is 0 Å². The van der Waals surface area contributed by atoms with Crippen LogP contribution in [0.5, 0.6) is 0 Å². The van der Waals surface area contributed by atoms with Crippen LogP contribution in [0.15, 0.2) is 16.6 Å². The predicted octanol–water partition coefficient (Wildman–Crippen LogP) is 3.57. The number of hydrogen-bond acceptors (Lipinski definition) is 1. The molecule has 0 amide bonds. The fraction of sp³-hybridized carbons (Fsp3) is 0. The van der Waals surface area contributed by atoms with Gasteiger partial charge in [-0.3, -0.25) is 4.79 Å². The number of benzene rings is 1. The van der Waals surface area contributed by atoms with E-state index in [9.17, 15) is 4.79 Å². The molecule has 0 unspecified atom stereocenters. The molecule has 0 aliphatic rings. The van der Waals surface area contributed by atoms with E-state index < -0.39 is 0 Å². The average molecular weight is 254 g/mol. The summed E-state index contributed by atoms with van der Waals surface area (Å²) in [6, 6.07) is 3.15. The first-order valence-electron chi connectivity index (χ1n) is 2.75. The van der Waals surface area contributed by atoms with Gasteiger partial charge in [0.25, 0.3) is 0 Å². The minimum Gasteiger partial charge on any atom is -0.298 e. The summed E-state index contributed by atoms with van der Waals surface area (Å²) < 4.78 is 0.633. The van der Waals surface area contributed by atoms with Gasteiger partial charge in [-0.1, -0.05) is 23.2 Å². The monoisotopic (exact) mass is 252 g/mol. The molecule has 1 rings (SSSR count). The van der Waals surface area contributed by atoms with Crippen LogP contribution in [-0.2, 0) is 0 Å². The highest BCUT2D eigenvalue weighted by Gasteiger charge is 2.04. The lowest BCUT2D eigenvalue weighted by molar-refractivity contribution is 0.112. The first-order chi connectivity index (χ1) is 5.15. The first-order valence-corrected chi connectivity index (χ1v) is 4.29. The van der Waals surface area contributed by atoms with Crippen molar-refractivity contribution in [1.29, 1.82) is 0 Å². The third-order valence-electron chi connectivity index (χ3n) is 1.15. The molecule has 1 aromatic carbocycles. The van der Waals surface area contributed by atoms with Gasteiger partial charge >= 0.3 is 0 Å². The molecule has 0 saturated carbocycles. The summed E-state index contributed by atoms with van der Waals surface area (Å²) in [6.07, 6.45) is 0.666. The summed E-state index contributed by atoms with van der Waals surface area (Å²) >= 11 is 14.5. The Morgan fingerprint density at radius 2 is 2.00 bits per heavy atom.